The quantitative estimate of drug-likeness (QED) is 0.762. The lowest BCUT2D eigenvalue weighted by Gasteiger charge is -2.26. The number of ether oxygens (including phenoxy) is 1. The lowest BCUT2D eigenvalue weighted by atomic mass is 10.0. The fourth-order valence-corrected chi connectivity index (χ4v) is 3.48. The molecule has 1 atom stereocenters. The molecule has 1 saturated heterocycles. The number of aryl methyl sites for hydroxylation is 1. The Balaban J connectivity index is 1.55. The van der Waals surface area contributed by atoms with Crippen LogP contribution in [0.3, 0.4) is 0 Å². The van der Waals surface area contributed by atoms with Crippen molar-refractivity contribution in [3.63, 3.8) is 0 Å². The van der Waals surface area contributed by atoms with Gasteiger partial charge in [-0.05, 0) is 68.1 Å². The molecule has 5 nitrogen and oxygen atoms in total. The number of carbonyl (C=O) groups is 1. The van der Waals surface area contributed by atoms with Gasteiger partial charge >= 0.3 is 0 Å². The van der Waals surface area contributed by atoms with Crippen LogP contribution in [0.2, 0.25) is 0 Å². The summed E-state index contributed by atoms with van der Waals surface area (Å²) in [4.78, 5) is 14.7. The van der Waals surface area contributed by atoms with E-state index >= 15 is 0 Å². The lowest BCUT2D eigenvalue weighted by molar-refractivity contribution is -0.123. The zero-order valence-corrected chi connectivity index (χ0v) is 16.5. The van der Waals surface area contributed by atoms with Crippen molar-refractivity contribution in [2.75, 3.05) is 26.2 Å². The number of benzene rings is 1. The summed E-state index contributed by atoms with van der Waals surface area (Å²) in [5.74, 6) is 1.99. The maximum atomic E-state index is 12.4. The van der Waals surface area contributed by atoms with Gasteiger partial charge in [0.25, 0.3) is 5.91 Å². The Hall–Kier alpha value is -2.27. The third-order valence-corrected chi connectivity index (χ3v) is 5.18. The van der Waals surface area contributed by atoms with Gasteiger partial charge in [-0.15, -0.1) is 0 Å². The molecule has 1 aliphatic rings. The van der Waals surface area contributed by atoms with Crippen molar-refractivity contribution in [1.29, 1.82) is 0 Å². The molecule has 2 heterocycles. The van der Waals surface area contributed by atoms with Gasteiger partial charge in [0.05, 0.1) is 12.3 Å². The molecule has 1 unspecified atom stereocenters. The summed E-state index contributed by atoms with van der Waals surface area (Å²) in [5, 5.41) is 3.01. The van der Waals surface area contributed by atoms with Gasteiger partial charge in [-0.1, -0.05) is 26.0 Å². The van der Waals surface area contributed by atoms with Crippen molar-refractivity contribution in [1.82, 2.24) is 10.2 Å². The van der Waals surface area contributed by atoms with Gasteiger partial charge < -0.3 is 14.5 Å². The van der Waals surface area contributed by atoms with Crippen LogP contribution >= 0.6 is 0 Å². The smallest absolute Gasteiger partial charge is 0.258 e. The van der Waals surface area contributed by atoms with E-state index < -0.39 is 0 Å². The van der Waals surface area contributed by atoms with Crippen LogP contribution < -0.4 is 10.1 Å². The molecule has 0 saturated carbocycles. The van der Waals surface area contributed by atoms with E-state index in [2.05, 4.69) is 30.1 Å². The first-order valence-corrected chi connectivity index (χ1v) is 9.82. The van der Waals surface area contributed by atoms with E-state index in [0.717, 1.165) is 30.2 Å². The van der Waals surface area contributed by atoms with Crippen molar-refractivity contribution in [3.8, 4) is 5.75 Å². The normalized spacial score (nSPS) is 15.9. The molecule has 146 valence electrons. The van der Waals surface area contributed by atoms with E-state index in [1.54, 1.807) is 6.26 Å². The van der Waals surface area contributed by atoms with Crippen molar-refractivity contribution in [2.45, 2.75) is 45.6 Å². The van der Waals surface area contributed by atoms with Crippen LogP contribution in [-0.2, 0) is 4.79 Å². The van der Waals surface area contributed by atoms with Crippen LogP contribution in [0.4, 0.5) is 0 Å². The topological polar surface area (TPSA) is 54.7 Å². The predicted octanol–water partition coefficient (Wildman–Crippen LogP) is 4.04. The summed E-state index contributed by atoms with van der Waals surface area (Å²) in [5.41, 5.74) is 2.25. The van der Waals surface area contributed by atoms with Crippen LogP contribution in [0.1, 0.15) is 55.5 Å². The molecule has 0 spiro atoms. The molecule has 1 fully saturated rings. The molecule has 1 aromatic heterocycles. The second-order valence-corrected chi connectivity index (χ2v) is 7.55. The minimum absolute atomic E-state index is 0.0211. The molecule has 0 radical (unpaired) electrons. The van der Waals surface area contributed by atoms with E-state index in [-0.39, 0.29) is 18.6 Å². The molecule has 5 heteroatoms. The minimum Gasteiger partial charge on any atom is -0.483 e. The molecule has 1 aliphatic heterocycles. The Labute approximate surface area is 161 Å². The zero-order valence-electron chi connectivity index (χ0n) is 16.5. The molecule has 1 N–H and O–H groups in total. The van der Waals surface area contributed by atoms with Gasteiger partial charge in [0.2, 0.25) is 0 Å². The largest absolute Gasteiger partial charge is 0.483 e. The number of furan rings is 1. The summed E-state index contributed by atoms with van der Waals surface area (Å²) < 4.78 is 11.4. The summed E-state index contributed by atoms with van der Waals surface area (Å²) in [6.07, 6.45) is 4.08. The van der Waals surface area contributed by atoms with Gasteiger partial charge in [0.15, 0.2) is 6.61 Å². The van der Waals surface area contributed by atoms with Crippen molar-refractivity contribution in [3.05, 3.63) is 53.5 Å². The fourth-order valence-electron chi connectivity index (χ4n) is 3.48. The average molecular weight is 370 g/mol. The van der Waals surface area contributed by atoms with Gasteiger partial charge in [-0.3, -0.25) is 9.69 Å². The van der Waals surface area contributed by atoms with Crippen LogP contribution in [-0.4, -0.2) is 37.0 Å². The molecule has 2 aromatic rings. The Kier molecular flexibility index (Phi) is 6.56. The number of nitrogens with zero attached hydrogens (tertiary/aromatic N) is 1. The first-order chi connectivity index (χ1) is 13.0. The fraction of sp³-hybridized carbons (Fsp3) is 0.500. The molecular weight excluding hydrogens is 340 g/mol. The molecule has 1 amide bonds. The van der Waals surface area contributed by atoms with Crippen LogP contribution in [0.15, 0.2) is 41.0 Å². The number of hydrogen-bond donors (Lipinski definition) is 1. The highest BCUT2D eigenvalue weighted by Crippen LogP contribution is 2.25. The average Bonchev–Trinajstić information content (AvgIpc) is 3.35. The SMILES string of the molecule is Cc1ccc(C(C)C)cc1OCC(=O)NCC(c1ccco1)N1CCCC1. The maximum Gasteiger partial charge on any atom is 0.258 e. The first kappa shape index (κ1) is 19.5. The van der Waals surface area contributed by atoms with E-state index in [0.29, 0.717) is 12.5 Å². The summed E-state index contributed by atoms with van der Waals surface area (Å²) in [6, 6.07) is 10.1. The Bertz CT molecular complexity index is 734. The molecule has 1 aromatic carbocycles. The van der Waals surface area contributed by atoms with Crippen LogP contribution in [0.25, 0.3) is 0 Å². The summed E-state index contributed by atoms with van der Waals surface area (Å²) in [6.45, 7) is 8.92. The number of likely N-dealkylation sites (tertiary alicyclic amines) is 1. The highest BCUT2D eigenvalue weighted by Gasteiger charge is 2.25. The zero-order chi connectivity index (χ0) is 19.2. The molecule has 0 aliphatic carbocycles. The maximum absolute atomic E-state index is 12.4. The third kappa shape index (κ3) is 5.13. The molecule has 27 heavy (non-hydrogen) atoms. The van der Waals surface area contributed by atoms with E-state index in [1.165, 1.54) is 18.4 Å². The molecular formula is C22H30N2O3. The second-order valence-electron chi connectivity index (χ2n) is 7.55. The Morgan fingerprint density at radius 3 is 2.70 bits per heavy atom. The number of carbonyl (C=O) groups excluding carboxylic acids is 1. The van der Waals surface area contributed by atoms with Crippen molar-refractivity contribution >= 4 is 5.91 Å². The molecule has 0 bridgehead atoms. The Morgan fingerprint density at radius 2 is 2.04 bits per heavy atom. The first-order valence-electron chi connectivity index (χ1n) is 9.82. The third-order valence-electron chi connectivity index (χ3n) is 5.18. The highest BCUT2D eigenvalue weighted by atomic mass is 16.5. The summed E-state index contributed by atoms with van der Waals surface area (Å²) >= 11 is 0. The van der Waals surface area contributed by atoms with Crippen molar-refractivity contribution < 1.29 is 13.9 Å². The van der Waals surface area contributed by atoms with Gasteiger partial charge in [-0.2, -0.15) is 0 Å². The number of rotatable bonds is 8. The van der Waals surface area contributed by atoms with Crippen LogP contribution in [0.5, 0.6) is 5.75 Å². The number of nitrogens with one attached hydrogen (secondary N) is 1. The monoisotopic (exact) mass is 370 g/mol. The molecule has 3 rings (SSSR count). The highest BCUT2D eigenvalue weighted by molar-refractivity contribution is 5.77. The number of hydrogen-bond acceptors (Lipinski definition) is 4. The van der Waals surface area contributed by atoms with Gasteiger partial charge in [0, 0.05) is 6.54 Å². The Morgan fingerprint density at radius 1 is 1.26 bits per heavy atom. The van der Waals surface area contributed by atoms with E-state index in [9.17, 15) is 4.79 Å². The minimum atomic E-state index is -0.111. The van der Waals surface area contributed by atoms with Gasteiger partial charge in [-0.25, -0.2) is 0 Å². The van der Waals surface area contributed by atoms with E-state index in [4.69, 9.17) is 9.15 Å². The number of amides is 1. The second kappa shape index (κ2) is 9.09. The predicted molar refractivity (Wildman–Crippen MR) is 106 cm³/mol. The summed E-state index contributed by atoms with van der Waals surface area (Å²) in [7, 11) is 0. The van der Waals surface area contributed by atoms with Gasteiger partial charge in [0.1, 0.15) is 11.5 Å². The van der Waals surface area contributed by atoms with Crippen LogP contribution in [0, 0.1) is 6.92 Å². The van der Waals surface area contributed by atoms with Crippen molar-refractivity contribution in [2.24, 2.45) is 0 Å². The lowest BCUT2D eigenvalue weighted by Crippen LogP contribution is -2.38. The van der Waals surface area contributed by atoms with E-state index in [1.807, 2.05) is 31.2 Å². The standard InChI is InChI=1S/C22H30N2O3/c1-16(2)18-9-8-17(3)21(13-18)27-15-22(25)23-14-19(20-7-6-12-26-20)24-10-4-5-11-24/h6-9,12-13,16,19H,4-5,10-11,14-15H2,1-3H3,(H,23,25).